The van der Waals surface area contributed by atoms with Gasteiger partial charge in [-0.1, -0.05) is 25.1 Å². The lowest BCUT2D eigenvalue weighted by molar-refractivity contribution is -0.138. The third kappa shape index (κ3) is 3.32. The van der Waals surface area contributed by atoms with Gasteiger partial charge in [0.15, 0.2) is 0 Å². The average Bonchev–Trinajstić information content (AvgIpc) is 2.48. The Morgan fingerprint density at radius 3 is 2.59 bits per heavy atom. The van der Waals surface area contributed by atoms with Crippen molar-refractivity contribution >= 4 is 5.91 Å². The van der Waals surface area contributed by atoms with Gasteiger partial charge in [-0.25, -0.2) is 4.39 Å². The lowest BCUT2D eigenvalue weighted by atomic mass is 9.86. The highest BCUT2D eigenvalue weighted by molar-refractivity contribution is 5.79. The largest absolute Gasteiger partial charge is 0.342 e. The molecule has 3 rings (SSSR count). The summed E-state index contributed by atoms with van der Waals surface area (Å²) in [6.07, 6.45) is 2.75. The number of hydrogen-bond acceptors (Lipinski definition) is 2. The van der Waals surface area contributed by atoms with E-state index in [1.807, 2.05) is 17.0 Å². The molecule has 1 N–H and O–H groups in total. The van der Waals surface area contributed by atoms with Crippen LogP contribution in [-0.2, 0) is 11.2 Å². The molecule has 2 aliphatic rings. The number of piperidine rings is 1. The Morgan fingerprint density at radius 1 is 1.32 bits per heavy atom. The summed E-state index contributed by atoms with van der Waals surface area (Å²) < 4.78 is 13.7. The van der Waals surface area contributed by atoms with Crippen LogP contribution in [0.4, 0.5) is 4.39 Å². The van der Waals surface area contributed by atoms with Crippen molar-refractivity contribution in [3.63, 3.8) is 0 Å². The maximum Gasteiger partial charge on any atom is 0.225 e. The highest BCUT2D eigenvalue weighted by atomic mass is 19.1. The molecular weight excluding hydrogens is 279 g/mol. The van der Waals surface area contributed by atoms with Crippen molar-refractivity contribution in [2.24, 2.45) is 17.8 Å². The number of carbonyl (C=O) groups is 1. The minimum atomic E-state index is -0.105. The summed E-state index contributed by atoms with van der Waals surface area (Å²) in [5.41, 5.74) is 0.807. The normalized spacial score (nSPS) is 21.5. The molecule has 0 aromatic heterocycles. The summed E-state index contributed by atoms with van der Waals surface area (Å²) in [6, 6.07) is 7.03. The molecule has 0 bridgehead atoms. The van der Waals surface area contributed by atoms with Crippen molar-refractivity contribution in [3.8, 4) is 0 Å². The summed E-state index contributed by atoms with van der Waals surface area (Å²) in [6.45, 7) is 5.64. The maximum absolute atomic E-state index is 13.7. The molecule has 1 atom stereocenters. The number of halogens is 1. The van der Waals surface area contributed by atoms with Crippen LogP contribution in [0.15, 0.2) is 24.3 Å². The summed E-state index contributed by atoms with van der Waals surface area (Å²) >= 11 is 0. The first-order chi connectivity index (χ1) is 10.6. The number of likely N-dealkylation sites (tertiary alicyclic amines) is 1. The second kappa shape index (κ2) is 6.78. The molecule has 120 valence electrons. The second-order valence-corrected chi connectivity index (χ2v) is 6.77. The van der Waals surface area contributed by atoms with Gasteiger partial charge in [-0.05, 0) is 55.8 Å². The van der Waals surface area contributed by atoms with Gasteiger partial charge < -0.3 is 10.2 Å². The number of rotatable bonds is 4. The molecule has 1 aromatic rings. The Hall–Kier alpha value is -1.42. The number of benzene rings is 1. The Kier molecular flexibility index (Phi) is 4.77. The number of hydrogen-bond donors (Lipinski definition) is 1. The van der Waals surface area contributed by atoms with E-state index in [4.69, 9.17) is 0 Å². The van der Waals surface area contributed by atoms with Crippen LogP contribution in [-0.4, -0.2) is 37.0 Å². The highest BCUT2D eigenvalue weighted by Gasteiger charge is 2.33. The van der Waals surface area contributed by atoms with E-state index in [0.29, 0.717) is 17.7 Å². The van der Waals surface area contributed by atoms with Gasteiger partial charge in [0.25, 0.3) is 0 Å². The van der Waals surface area contributed by atoms with Crippen LogP contribution in [0.3, 0.4) is 0 Å². The van der Waals surface area contributed by atoms with E-state index in [-0.39, 0.29) is 11.7 Å². The first-order valence-electron chi connectivity index (χ1n) is 8.38. The molecule has 1 aromatic carbocycles. The number of carbonyl (C=O) groups excluding carboxylic acids is 1. The molecule has 22 heavy (non-hydrogen) atoms. The minimum absolute atomic E-state index is 0.105. The number of nitrogens with zero attached hydrogens (tertiary/aromatic N) is 1. The fraction of sp³-hybridized carbons (Fsp3) is 0.611. The van der Waals surface area contributed by atoms with Gasteiger partial charge in [-0.15, -0.1) is 0 Å². The van der Waals surface area contributed by atoms with Crippen molar-refractivity contribution in [2.45, 2.75) is 26.2 Å². The lowest BCUT2D eigenvalue weighted by Crippen LogP contribution is -2.51. The van der Waals surface area contributed by atoms with Crippen LogP contribution in [0.1, 0.15) is 25.3 Å². The molecule has 2 saturated heterocycles. The summed E-state index contributed by atoms with van der Waals surface area (Å²) in [5, 5.41) is 3.23. The third-order valence-electron chi connectivity index (χ3n) is 5.30. The van der Waals surface area contributed by atoms with E-state index >= 15 is 0 Å². The van der Waals surface area contributed by atoms with Gasteiger partial charge in [0.2, 0.25) is 5.91 Å². The molecular formula is C18H25FN2O. The third-order valence-corrected chi connectivity index (χ3v) is 5.30. The molecule has 2 aliphatic heterocycles. The fourth-order valence-electron chi connectivity index (χ4n) is 3.49. The molecule has 0 aliphatic carbocycles. The smallest absolute Gasteiger partial charge is 0.225 e. The first-order valence-corrected chi connectivity index (χ1v) is 8.38. The van der Waals surface area contributed by atoms with Crippen LogP contribution in [0.25, 0.3) is 0 Å². The van der Waals surface area contributed by atoms with Crippen molar-refractivity contribution in [2.75, 3.05) is 26.2 Å². The zero-order valence-electron chi connectivity index (χ0n) is 13.2. The van der Waals surface area contributed by atoms with Crippen molar-refractivity contribution in [3.05, 3.63) is 35.6 Å². The van der Waals surface area contributed by atoms with Gasteiger partial charge in [-0.3, -0.25) is 4.79 Å². The zero-order chi connectivity index (χ0) is 15.5. The minimum Gasteiger partial charge on any atom is -0.342 e. The van der Waals surface area contributed by atoms with Crippen molar-refractivity contribution < 1.29 is 9.18 Å². The standard InChI is InChI=1S/C18H25FN2O/c1-13(16-11-20-12-16)18(22)21-8-6-14(7-9-21)10-15-4-2-3-5-17(15)19/h2-5,13-14,16,20H,6-12H2,1H3. The highest BCUT2D eigenvalue weighted by Crippen LogP contribution is 2.25. The van der Waals surface area contributed by atoms with E-state index in [0.717, 1.165) is 51.0 Å². The molecule has 3 nitrogen and oxygen atoms in total. The van der Waals surface area contributed by atoms with Crippen LogP contribution >= 0.6 is 0 Å². The molecule has 0 spiro atoms. The van der Waals surface area contributed by atoms with Gasteiger partial charge in [0, 0.05) is 19.0 Å². The molecule has 0 saturated carbocycles. The summed E-state index contributed by atoms with van der Waals surface area (Å²) in [5.74, 6) is 1.32. The van der Waals surface area contributed by atoms with E-state index in [1.165, 1.54) is 6.07 Å². The Bertz CT molecular complexity index is 522. The summed E-state index contributed by atoms with van der Waals surface area (Å²) in [7, 11) is 0. The Labute approximate surface area is 131 Å². The van der Waals surface area contributed by atoms with Gasteiger partial charge in [0.05, 0.1) is 0 Å². The van der Waals surface area contributed by atoms with Gasteiger partial charge >= 0.3 is 0 Å². The Balaban J connectivity index is 1.50. The predicted octanol–water partition coefficient (Wildman–Crippen LogP) is 2.46. The topological polar surface area (TPSA) is 32.3 Å². The van der Waals surface area contributed by atoms with E-state index in [2.05, 4.69) is 12.2 Å². The van der Waals surface area contributed by atoms with Crippen LogP contribution in [0, 0.1) is 23.6 Å². The quantitative estimate of drug-likeness (QED) is 0.927. The molecule has 0 radical (unpaired) electrons. The predicted molar refractivity (Wildman–Crippen MR) is 84.9 cm³/mol. The SMILES string of the molecule is CC(C(=O)N1CCC(Cc2ccccc2F)CC1)C1CNC1. The van der Waals surface area contributed by atoms with Crippen molar-refractivity contribution in [1.82, 2.24) is 10.2 Å². The van der Waals surface area contributed by atoms with Crippen LogP contribution in [0.5, 0.6) is 0 Å². The molecule has 1 amide bonds. The monoisotopic (exact) mass is 304 g/mol. The number of nitrogens with one attached hydrogen (secondary N) is 1. The molecule has 1 unspecified atom stereocenters. The summed E-state index contributed by atoms with van der Waals surface area (Å²) in [4.78, 5) is 14.5. The molecule has 2 heterocycles. The van der Waals surface area contributed by atoms with E-state index in [9.17, 15) is 9.18 Å². The first kappa shape index (κ1) is 15.5. The van der Waals surface area contributed by atoms with Gasteiger partial charge in [-0.2, -0.15) is 0 Å². The van der Waals surface area contributed by atoms with E-state index < -0.39 is 0 Å². The fourth-order valence-corrected chi connectivity index (χ4v) is 3.49. The van der Waals surface area contributed by atoms with E-state index in [1.54, 1.807) is 6.07 Å². The second-order valence-electron chi connectivity index (χ2n) is 6.77. The average molecular weight is 304 g/mol. The molecule has 4 heteroatoms. The molecule has 2 fully saturated rings. The lowest BCUT2D eigenvalue weighted by Gasteiger charge is -2.38. The van der Waals surface area contributed by atoms with Gasteiger partial charge in [0.1, 0.15) is 5.82 Å². The van der Waals surface area contributed by atoms with Crippen molar-refractivity contribution in [1.29, 1.82) is 0 Å². The zero-order valence-corrected chi connectivity index (χ0v) is 13.2. The maximum atomic E-state index is 13.7. The van der Waals surface area contributed by atoms with Crippen LogP contribution < -0.4 is 5.32 Å². The Morgan fingerprint density at radius 2 is 2.00 bits per heavy atom. The number of amides is 1. The van der Waals surface area contributed by atoms with Crippen LogP contribution in [0.2, 0.25) is 0 Å².